The molecule has 29 heavy (non-hydrogen) atoms. The van der Waals surface area contributed by atoms with E-state index < -0.39 is 24.6 Å². The molecule has 154 valence electrons. The number of hydrogen-bond acceptors (Lipinski definition) is 6. The second kappa shape index (κ2) is 9.05. The van der Waals surface area contributed by atoms with Crippen molar-refractivity contribution in [2.24, 2.45) is 0 Å². The minimum Gasteiger partial charge on any atom is -0.479 e. The maximum Gasteiger partial charge on any atom is 0.347 e. The van der Waals surface area contributed by atoms with Crippen molar-refractivity contribution in [3.8, 4) is 17.2 Å². The normalized spacial score (nSPS) is 14.1. The van der Waals surface area contributed by atoms with Crippen LogP contribution in [0.3, 0.4) is 0 Å². The highest BCUT2D eigenvalue weighted by Crippen LogP contribution is 2.34. The molecule has 1 N–H and O–H groups in total. The van der Waals surface area contributed by atoms with E-state index in [0.29, 0.717) is 22.3 Å². The number of halogens is 1. The summed E-state index contributed by atoms with van der Waals surface area (Å²) in [5, 5.41) is 3.36. The van der Waals surface area contributed by atoms with Gasteiger partial charge in [0, 0.05) is 5.02 Å². The second-order valence-corrected chi connectivity index (χ2v) is 7.12. The third kappa shape index (κ3) is 5.32. The van der Waals surface area contributed by atoms with Crippen molar-refractivity contribution in [2.45, 2.75) is 32.9 Å². The summed E-state index contributed by atoms with van der Waals surface area (Å²) >= 11 is 5.91. The molecule has 0 radical (unpaired) electrons. The van der Waals surface area contributed by atoms with E-state index in [9.17, 15) is 9.59 Å². The average Bonchev–Trinajstić information content (AvgIpc) is 3.16. The molecule has 0 aliphatic carbocycles. The lowest BCUT2D eigenvalue weighted by Gasteiger charge is -2.17. The lowest BCUT2D eigenvalue weighted by Crippen LogP contribution is -2.34. The molecule has 1 aliphatic heterocycles. The maximum atomic E-state index is 12.1. The van der Waals surface area contributed by atoms with Gasteiger partial charge in [-0.2, -0.15) is 0 Å². The number of amides is 1. The van der Waals surface area contributed by atoms with Crippen LogP contribution in [0.25, 0.3) is 0 Å². The Balaban J connectivity index is 1.47. The maximum absolute atomic E-state index is 12.1. The molecule has 2 atom stereocenters. The van der Waals surface area contributed by atoms with Gasteiger partial charge in [0.2, 0.25) is 6.79 Å². The van der Waals surface area contributed by atoms with E-state index in [4.69, 9.17) is 30.5 Å². The molecule has 0 saturated carbocycles. The number of aryl methyl sites for hydroxylation is 1. The van der Waals surface area contributed by atoms with Gasteiger partial charge >= 0.3 is 5.97 Å². The Labute approximate surface area is 173 Å². The topological polar surface area (TPSA) is 83.1 Å². The number of fused-ring (bicyclic) bond motifs is 1. The first-order valence-electron chi connectivity index (χ1n) is 9.12. The predicted molar refractivity (Wildman–Crippen MR) is 106 cm³/mol. The van der Waals surface area contributed by atoms with Crippen molar-refractivity contribution in [3.63, 3.8) is 0 Å². The van der Waals surface area contributed by atoms with Crippen molar-refractivity contribution >= 4 is 23.5 Å². The van der Waals surface area contributed by atoms with Gasteiger partial charge in [0.15, 0.2) is 24.2 Å². The molecule has 0 saturated heterocycles. The van der Waals surface area contributed by atoms with Gasteiger partial charge < -0.3 is 24.3 Å². The molecule has 1 heterocycles. The highest BCUT2D eigenvalue weighted by molar-refractivity contribution is 6.30. The summed E-state index contributed by atoms with van der Waals surface area (Å²) in [7, 11) is 0. The van der Waals surface area contributed by atoms with E-state index in [0.717, 1.165) is 11.1 Å². The quantitative estimate of drug-likeness (QED) is 0.691. The van der Waals surface area contributed by atoms with Crippen molar-refractivity contribution in [3.05, 3.63) is 52.5 Å². The summed E-state index contributed by atoms with van der Waals surface area (Å²) in [6, 6.07) is 10.2. The highest BCUT2D eigenvalue weighted by Gasteiger charge is 2.20. The van der Waals surface area contributed by atoms with E-state index in [1.807, 2.05) is 26.0 Å². The standard InChI is InChI=1S/C21H22ClNO6/c1-12-8-16(22)5-7-17(12)29-14(3)21(25)26-10-20(24)23-13(2)15-4-6-18-19(9-15)28-11-27-18/h4-9,13-14H,10-11H2,1-3H3,(H,23,24). The number of ether oxygens (including phenoxy) is 4. The Morgan fingerprint density at radius 3 is 2.66 bits per heavy atom. The van der Waals surface area contributed by atoms with Gasteiger partial charge in [-0.3, -0.25) is 4.79 Å². The van der Waals surface area contributed by atoms with Crippen molar-refractivity contribution in [1.29, 1.82) is 0 Å². The molecule has 0 fully saturated rings. The molecule has 3 rings (SSSR count). The van der Waals surface area contributed by atoms with Crippen LogP contribution in [-0.4, -0.2) is 31.4 Å². The molecule has 0 spiro atoms. The zero-order valence-electron chi connectivity index (χ0n) is 16.4. The van der Waals surface area contributed by atoms with E-state index in [-0.39, 0.29) is 12.8 Å². The van der Waals surface area contributed by atoms with E-state index >= 15 is 0 Å². The van der Waals surface area contributed by atoms with E-state index in [2.05, 4.69) is 5.32 Å². The third-order valence-electron chi connectivity index (χ3n) is 4.39. The SMILES string of the molecule is Cc1cc(Cl)ccc1OC(C)C(=O)OCC(=O)NC(C)c1ccc2c(c1)OCO2. The number of esters is 1. The second-order valence-electron chi connectivity index (χ2n) is 6.68. The van der Waals surface area contributed by atoms with Crippen LogP contribution >= 0.6 is 11.6 Å². The molecule has 2 aromatic carbocycles. The highest BCUT2D eigenvalue weighted by atomic mass is 35.5. The van der Waals surface area contributed by atoms with Gasteiger partial charge in [0.1, 0.15) is 5.75 Å². The van der Waals surface area contributed by atoms with Crippen molar-refractivity contribution < 1.29 is 28.5 Å². The first-order valence-corrected chi connectivity index (χ1v) is 9.49. The van der Waals surface area contributed by atoms with Crippen molar-refractivity contribution in [1.82, 2.24) is 5.32 Å². The van der Waals surface area contributed by atoms with Gasteiger partial charge in [0.25, 0.3) is 5.91 Å². The summed E-state index contributed by atoms with van der Waals surface area (Å²) in [6.07, 6.45) is -0.867. The zero-order valence-corrected chi connectivity index (χ0v) is 17.1. The van der Waals surface area contributed by atoms with Crippen LogP contribution in [0.15, 0.2) is 36.4 Å². The largest absolute Gasteiger partial charge is 0.479 e. The van der Waals surface area contributed by atoms with Gasteiger partial charge in [-0.1, -0.05) is 17.7 Å². The lowest BCUT2D eigenvalue weighted by molar-refractivity contribution is -0.154. The molecule has 1 amide bonds. The van der Waals surface area contributed by atoms with Crippen LogP contribution in [0.1, 0.15) is 31.0 Å². The van der Waals surface area contributed by atoms with Crippen LogP contribution in [0.2, 0.25) is 5.02 Å². The summed E-state index contributed by atoms with van der Waals surface area (Å²) in [5.74, 6) is 0.785. The molecule has 2 unspecified atom stereocenters. The first kappa shape index (κ1) is 20.8. The average molecular weight is 420 g/mol. The van der Waals surface area contributed by atoms with Crippen molar-refractivity contribution in [2.75, 3.05) is 13.4 Å². The smallest absolute Gasteiger partial charge is 0.347 e. The Kier molecular flexibility index (Phi) is 6.49. The summed E-state index contributed by atoms with van der Waals surface area (Å²) < 4.78 is 21.3. The van der Waals surface area contributed by atoms with Crippen LogP contribution in [0.5, 0.6) is 17.2 Å². The molecule has 1 aliphatic rings. The number of carbonyl (C=O) groups excluding carboxylic acids is 2. The lowest BCUT2D eigenvalue weighted by atomic mass is 10.1. The molecule has 2 aromatic rings. The fourth-order valence-corrected chi connectivity index (χ4v) is 3.01. The van der Waals surface area contributed by atoms with E-state index in [1.165, 1.54) is 0 Å². The van der Waals surface area contributed by atoms with Crippen LogP contribution in [0.4, 0.5) is 0 Å². The first-order chi connectivity index (χ1) is 13.8. The summed E-state index contributed by atoms with van der Waals surface area (Å²) in [6.45, 7) is 4.99. The Bertz CT molecular complexity index is 916. The fourth-order valence-electron chi connectivity index (χ4n) is 2.79. The van der Waals surface area contributed by atoms with Crippen LogP contribution < -0.4 is 19.5 Å². The number of nitrogens with one attached hydrogen (secondary N) is 1. The Morgan fingerprint density at radius 1 is 1.14 bits per heavy atom. The Hall–Kier alpha value is -2.93. The monoisotopic (exact) mass is 419 g/mol. The minimum absolute atomic E-state index is 0.186. The Morgan fingerprint density at radius 2 is 1.90 bits per heavy atom. The number of benzene rings is 2. The summed E-state index contributed by atoms with van der Waals surface area (Å²) in [5.41, 5.74) is 1.65. The molecule has 8 heteroatoms. The van der Waals surface area contributed by atoms with Gasteiger partial charge in [0.05, 0.1) is 6.04 Å². The van der Waals surface area contributed by atoms with Gasteiger partial charge in [-0.25, -0.2) is 4.79 Å². The third-order valence-corrected chi connectivity index (χ3v) is 4.63. The number of carbonyl (C=O) groups is 2. The number of hydrogen-bond donors (Lipinski definition) is 1. The number of rotatable bonds is 7. The fraction of sp³-hybridized carbons (Fsp3) is 0.333. The van der Waals surface area contributed by atoms with Gasteiger partial charge in [-0.05, 0) is 62.2 Å². The predicted octanol–water partition coefficient (Wildman–Crippen LogP) is 3.57. The molecular formula is C21H22ClNO6. The molecule has 0 aromatic heterocycles. The minimum atomic E-state index is -0.867. The van der Waals surface area contributed by atoms with Gasteiger partial charge in [-0.15, -0.1) is 0 Å². The summed E-state index contributed by atoms with van der Waals surface area (Å²) in [4.78, 5) is 24.3. The van der Waals surface area contributed by atoms with E-state index in [1.54, 1.807) is 31.2 Å². The molecule has 7 nitrogen and oxygen atoms in total. The van der Waals surface area contributed by atoms with Crippen LogP contribution in [0, 0.1) is 6.92 Å². The van der Waals surface area contributed by atoms with Crippen LogP contribution in [-0.2, 0) is 14.3 Å². The molecular weight excluding hydrogens is 398 g/mol. The zero-order chi connectivity index (χ0) is 21.0. The molecule has 0 bridgehead atoms.